The van der Waals surface area contributed by atoms with E-state index < -0.39 is 97.5 Å². The zero-order valence-electron chi connectivity index (χ0n) is 58.6. The van der Waals surface area contributed by atoms with Crippen LogP contribution in [0.4, 0.5) is 0 Å². The Kier molecular flexibility index (Phi) is 64.2. The largest absolute Gasteiger partial charge is 0.472 e. The summed E-state index contributed by atoms with van der Waals surface area (Å²) >= 11 is 0. The van der Waals surface area contributed by atoms with Crippen LogP contribution in [0.15, 0.2) is 109 Å². The van der Waals surface area contributed by atoms with Crippen molar-refractivity contribution in [3.63, 3.8) is 0 Å². The molecule has 0 heterocycles. The van der Waals surface area contributed by atoms with Crippen LogP contribution in [0.1, 0.15) is 285 Å². The van der Waals surface area contributed by atoms with Gasteiger partial charge in [-0.2, -0.15) is 0 Å². The minimum atomic E-state index is -4.99. The van der Waals surface area contributed by atoms with E-state index in [1.165, 1.54) is 44.9 Å². The fraction of sp³-hybridized carbons (Fsp3) is 0.707. The minimum Gasteiger partial charge on any atom is -0.462 e. The highest BCUT2D eigenvalue weighted by Crippen LogP contribution is 2.45. The van der Waals surface area contributed by atoms with Crippen molar-refractivity contribution in [2.45, 2.75) is 303 Å². The molecule has 0 saturated carbocycles. The SMILES string of the molecule is CC/C=C\C/C=C\C/C=C\C/C=C\C/C=C\CCCC(=O)OCC(COP(=O)(O)OCC(O)COP(=O)(O)OCC(COC(=O)CCCCCCC/C=C\CCCC)OC(=O)CCCCCCC/C=C\CCCC)OC(=O)CCCCCCC/C=C\C/C=C\CCCCC. The van der Waals surface area contributed by atoms with Gasteiger partial charge in [0.1, 0.15) is 19.3 Å². The van der Waals surface area contributed by atoms with E-state index in [4.69, 9.17) is 37.0 Å². The lowest BCUT2D eigenvalue weighted by Crippen LogP contribution is -2.30. The van der Waals surface area contributed by atoms with Crippen LogP contribution in [-0.2, 0) is 65.4 Å². The average Bonchev–Trinajstić information content (AvgIpc) is 1.29. The summed E-state index contributed by atoms with van der Waals surface area (Å²) in [7, 11) is -9.96. The normalized spacial score (nSPS) is 14.7. The number of ether oxygens (including phenoxy) is 4. The molecule has 0 radical (unpaired) electrons. The van der Waals surface area contributed by atoms with Gasteiger partial charge >= 0.3 is 39.5 Å². The highest BCUT2D eigenvalue weighted by Gasteiger charge is 2.30. The monoisotopic (exact) mass is 1360 g/mol. The number of aliphatic hydroxyl groups excluding tert-OH is 1. The molecule has 5 atom stereocenters. The number of esters is 4. The third-order valence-corrected chi connectivity index (χ3v) is 16.6. The van der Waals surface area contributed by atoms with Crippen LogP contribution >= 0.6 is 15.6 Å². The van der Waals surface area contributed by atoms with Crippen LogP contribution in [0.2, 0.25) is 0 Å². The van der Waals surface area contributed by atoms with Gasteiger partial charge in [-0.25, -0.2) is 9.13 Å². The summed E-state index contributed by atoms with van der Waals surface area (Å²) in [5.41, 5.74) is 0. The van der Waals surface area contributed by atoms with Gasteiger partial charge in [0.25, 0.3) is 0 Å². The molecule has 17 nitrogen and oxygen atoms in total. The molecule has 0 spiro atoms. The van der Waals surface area contributed by atoms with Gasteiger partial charge in [0, 0.05) is 25.7 Å². The van der Waals surface area contributed by atoms with E-state index in [2.05, 4.69) is 125 Å². The number of unbranched alkanes of at least 4 members (excludes halogenated alkanes) is 23. The number of allylic oxidation sites excluding steroid dienone is 18. The quantitative estimate of drug-likeness (QED) is 0.0169. The van der Waals surface area contributed by atoms with Gasteiger partial charge in [-0.1, -0.05) is 233 Å². The number of aliphatic hydroxyl groups is 1. The summed E-state index contributed by atoms with van der Waals surface area (Å²) in [5, 5.41) is 10.6. The molecule has 3 N–H and O–H groups in total. The zero-order valence-corrected chi connectivity index (χ0v) is 60.4. The molecule has 0 aromatic rings. The van der Waals surface area contributed by atoms with Crippen molar-refractivity contribution in [1.29, 1.82) is 0 Å². The maximum atomic E-state index is 13.0. The summed E-state index contributed by atoms with van der Waals surface area (Å²) in [6.45, 7) is 4.54. The summed E-state index contributed by atoms with van der Waals surface area (Å²) in [6.07, 6.45) is 69.7. The van der Waals surface area contributed by atoms with Crippen molar-refractivity contribution in [2.75, 3.05) is 39.6 Å². The molecule has 0 aliphatic rings. The summed E-state index contributed by atoms with van der Waals surface area (Å²) in [6, 6.07) is 0. The van der Waals surface area contributed by atoms with Gasteiger partial charge in [0.15, 0.2) is 12.2 Å². The second-order valence-electron chi connectivity index (χ2n) is 23.8. The number of phosphoric ester groups is 2. The van der Waals surface area contributed by atoms with Gasteiger partial charge in [0.2, 0.25) is 0 Å². The van der Waals surface area contributed by atoms with Gasteiger partial charge in [-0.3, -0.25) is 37.3 Å². The van der Waals surface area contributed by atoms with Crippen LogP contribution in [0, 0.1) is 0 Å². The Labute approximate surface area is 569 Å². The Hall–Kier alpha value is -4.28. The zero-order chi connectivity index (χ0) is 69.0. The van der Waals surface area contributed by atoms with Crippen LogP contribution < -0.4 is 0 Å². The van der Waals surface area contributed by atoms with Crippen LogP contribution in [-0.4, -0.2) is 96.7 Å². The van der Waals surface area contributed by atoms with Gasteiger partial charge in [-0.15, -0.1) is 0 Å². The molecule has 5 unspecified atom stereocenters. The molecule has 0 aromatic carbocycles. The predicted octanol–water partition coefficient (Wildman–Crippen LogP) is 20.2. The third kappa shape index (κ3) is 66.3. The lowest BCUT2D eigenvalue weighted by Gasteiger charge is -2.21. The van der Waals surface area contributed by atoms with E-state index in [9.17, 15) is 43.2 Å². The molecule has 540 valence electrons. The Morgan fingerprint density at radius 3 is 0.936 bits per heavy atom. The highest BCUT2D eigenvalue weighted by atomic mass is 31.2. The lowest BCUT2D eigenvalue weighted by molar-refractivity contribution is -0.161. The molecule has 0 bridgehead atoms. The first-order valence-electron chi connectivity index (χ1n) is 36.1. The molecule has 94 heavy (non-hydrogen) atoms. The number of hydrogen-bond acceptors (Lipinski definition) is 15. The van der Waals surface area contributed by atoms with Crippen molar-refractivity contribution < 1.29 is 80.2 Å². The van der Waals surface area contributed by atoms with Gasteiger partial charge < -0.3 is 33.8 Å². The summed E-state index contributed by atoms with van der Waals surface area (Å²) < 4.78 is 68.2. The van der Waals surface area contributed by atoms with Crippen molar-refractivity contribution in [2.24, 2.45) is 0 Å². The first kappa shape index (κ1) is 89.7. The fourth-order valence-electron chi connectivity index (χ4n) is 9.13. The fourth-order valence-corrected chi connectivity index (χ4v) is 10.7. The average molecular weight is 1360 g/mol. The van der Waals surface area contributed by atoms with Crippen LogP contribution in [0.5, 0.6) is 0 Å². The third-order valence-electron chi connectivity index (χ3n) is 14.7. The smallest absolute Gasteiger partial charge is 0.462 e. The first-order valence-corrected chi connectivity index (χ1v) is 39.1. The van der Waals surface area contributed by atoms with E-state index >= 15 is 0 Å². The number of rotatable bonds is 67. The van der Waals surface area contributed by atoms with E-state index in [1.807, 2.05) is 12.2 Å². The van der Waals surface area contributed by atoms with Crippen molar-refractivity contribution in [1.82, 2.24) is 0 Å². The van der Waals surface area contributed by atoms with Crippen molar-refractivity contribution in [3.8, 4) is 0 Å². The molecule has 0 aliphatic heterocycles. The van der Waals surface area contributed by atoms with Crippen LogP contribution in [0.25, 0.3) is 0 Å². The van der Waals surface area contributed by atoms with Crippen LogP contribution in [0.3, 0.4) is 0 Å². The van der Waals surface area contributed by atoms with E-state index in [1.54, 1.807) is 0 Å². The van der Waals surface area contributed by atoms with E-state index in [-0.39, 0.29) is 25.7 Å². The molecule has 19 heteroatoms. The Morgan fingerprint density at radius 1 is 0.309 bits per heavy atom. The molecule has 0 amide bonds. The molecule has 0 saturated heterocycles. The first-order chi connectivity index (χ1) is 45.7. The molecule has 0 aliphatic carbocycles. The second kappa shape index (κ2) is 67.3. The van der Waals surface area contributed by atoms with Crippen molar-refractivity contribution in [3.05, 3.63) is 109 Å². The highest BCUT2D eigenvalue weighted by molar-refractivity contribution is 7.47. The topological polar surface area (TPSA) is 237 Å². The summed E-state index contributed by atoms with van der Waals surface area (Å²) in [4.78, 5) is 72.6. The molecule has 0 aromatic heterocycles. The Morgan fingerprint density at radius 2 is 0.574 bits per heavy atom. The maximum absolute atomic E-state index is 13.0. The molecule has 0 rings (SSSR count). The minimum absolute atomic E-state index is 0.0650. The van der Waals surface area contributed by atoms with Crippen molar-refractivity contribution >= 4 is 39.5 Å². The predicted molar refractivity (Wildman–Crippen MR) is 381 cm³/mol. The van der Waals surface area contributed by atoms with E-state index in [0.29, 0.717) is 32.1 Å². The number of carbonyl (C=O) groups is 4. The maximum Gasteiger partial charge on any atom is 0.472 e. The second-order valence-corrected chi connectivity index (χ2v) is 26.7. The molecule has 0 fully saturated rings. The van der Waals surface area contributed by atoms with E-state index in [0.717, 1.165) is 154 Å². The number of carbonyl (C=O) groups excluding carboxylic acids is 4. The Bertz CT molecular complexity index is 2220. The standard InChI is InChI=1S/C75H128O17P2/c1-5-9-13-17-21-25-29-31-33-34-36-37-41-44-48-52-56-60-73(78)86-66-71(92-75(80)62-58-54-50-46-42-38-35-32-30-26-22-18-14-10-6-2)68-90-94(83,84)88-64-69(76)63-87-93(81,82)89-67-70(91-74(79)61-57-53-49-45-40-28-24-20-16-12-8-4)65-85-72(77)59-55-51-47-43-39-27-23-19-15-11-7-3/h9,13,19-26,31-33,35-37,44,48,69-71,76H,5-8,10-12,14-18,27-30,34,38-43,45-47,49-68H2,1-4H3,(H,81,82)(H,83,84)/b13-9-,23-19-,24-20-,25-21-,26-22-,33-31-,35-32-,37-36-,48-44-. The Balaban J connectivity index is 5.39. The number of hydrogen-bond donors (Lipinski definition) is 3. The number of phosphoric acid groups is 2. The van der Waals surface area contributed by atoms with Gasteiger partial charge in [-0.05, 0) is 135 Å². The molecular formula is C75H128O17P2. The summed E-state index contributed by atoms with van der Waals surface area (Å²) in [5.74, 6) is -2.28. The molecular weight excluding hydrogens is 1230 g/mol. The van der Waals surface area contributed by atoms with Gasteiger partial charge in [0.05, 0.1) is 26.4 Å². The lowest BCUT2D eigenvalue weighted by atomic mass is 10.1.